The first-order valence-corrected chi connectivity index (χ1v) is 17.2. The maximum absolute atomic E-state index is 12.3. The van der Waals surface area contributed by atoms with Crippen LogP contribution in [0.5, 0.6) is 0 Å². The van der Waals surface area contributed by atoms with Gasteiger partial charge in [-0.15, -0.1) is 0 Å². The summed E-state index contributed by atoms with van der Waals surface area (Å²) in [5.74, 6) is -7.98. The van der Waals surface area contributed by atoms with E-state index in [2.05, 4.69) is 10.8 Å². The Morgan fingerprint density at radius 1 is 0.667 bits per heavy atom. The van der Waals surface area contributed by atoms with E-state index in [0.717, 1.165) is 0 Å². The summed E-state index contributed by atoms with van der Waals surface area (Å²) in [4.78, 5) is 97.9. The van der Waals surface area contributed by atoms with Crippen LogP contribution in [-0.2, 0) is 58.0 Å². The fraction of sp³-hybridized carbons (Fsp3) is 0.724. The Bertz CT molecular complexity index is 1210. The number of ether oxygens (including phenoxy) is 1. The summed E-state index contributed by atoms with van der Waals surface area (Å²) >= 11 is 0. The Morgan fingerprint density at radius 3 is 1.98 bits per heavy atom. The Labute approximate surface area is 278 Å². The summed E-state index contributed by atoms with van der Waals surface area (Å²) in [6.45, 7) is 1.91. The SMILES string of the molecule is CCCC(=O)CCC(NC(=O)CC[C@H](CC(=O)CCCOCCONC(=O)CCCS(=O)(=O)NC(=O)CCCC(=O)O)C(=O)O)C(=O)O. The maximum atomic E-state index is 12.3. The van der Waals surface area contributed by atoms with E-state index in [4.69, 9.17) is 14.7 Å². The maximum Gasteiger partial charge on any atom is 0.326 e. The lowest BCUT2D eigenvalue weighted by atomic mass is 9.95. The van der Waals surface area contributed by atoms with E-state index in [-0.39, 0.29) is 108 Å². The van der Waals surface area contributed by atoms with Crippen molar-refractivity contribution in [2.45, 2.75) is 103 Å². The molecule has 0 aliphatic carbocycles. The summed E-state index contributed by atoms with van der Waals surface area (Å²) in [6, 6.07) is -1.28. The molecule has 0 heterocycles. The molecule has 0 aliphatic heterocycles. The molecule has 0 saturated heterocycles. The molecular formula is C29H47N3O15S. The number of nitrogens with one attached hydrogen (secondary N) is 3. The van der Waals surface area contributed by atoms with Crippen molar-refractivity contribution in [3.63, 3.8) is 0 Å². The Morgan fingerprint density at radius 2 is 1.35 bits per heavy atom. The molecular weight excluding hydrogens is 662 g/mol. The second-order valence-corrected chi connectivity index (χ2v) is 12.7. The molecule has 0 aliphatic rings. The highest BCUT2D eigenvalue weighted by Crippen LogP contribution is 2.15. The summed E-state index contributed by atoms with van der Waals surface area (Å²) in [6.07, 6.45) is -0.597. The van der Waals surface area contributed by atoms with Crippen LogP contribution in [0, 0.1) is 5.92 Å². The number of hydroxylamine groups is 1. The van der Waals surface area contributed by atoms with Gasteiger partial charge in [0.25, 0.3) is 0 Å². The minimum atomic E-state index is -3.98. The van der Waals surface area contributed by atoms with Crippen LogP contribution < -0.4 is 15.5 Å². The van der Waals surface area contributed by atoms with E-state index in [1.165, 1.54) is 0 Å². The van der Waals surface area contributed by atoms with E-state index in [9.17, 15) is 57.0 Å². The molecule has 0 rings (SSSR count). The van der Waals surface area contributed by atoms with Crippen molar-refractivity contribution >= 4 is 57.2 Å². The number of aliphatic carboxylic acids is 3. The van der Waals surface area contributed by atoms with Gasteiger partial charge >= 0.3 is 17.9 Å². The van der Waals surface area contributed by atoms with Gasteiger partial charge in [0, 0.05) is 58.0 Å². The molecule has 2 atom stereocenters. The second kappa shape index (κ2) is 25.1. The Hall–Kier alpha value is -3.97. The zero-order chi connectivity index (χ0) is 36.5. The van der Waals surface area contributed by atoms with Crippen molar-refractivity contribution in [1.29, 1.82) is 0 Å². The van der Waals surface area contributed by atoms with Crippen LogP contribution in [0.15, 0.2) is 0 Å². The Kier molecular flexibility index (Phi) is 23.0. The van der Waals surface area contributed by atoms with Gasteiger partial charge in [0.1, 0.15) is 17.6 Å². The quantitative estimate of drug-likeness (QED) is 0.0437. The number of hydrogen-bond donors (Lipinski definition) is 6. The molecule has 6 N–H and O–H groups in total. The van der Waals surface area contributed by atoms with Gasteiger partial charge < -0.3 is 25.4 Å². The van der Waals surface area contributed by atoms with E-state index in [0.29, 0.717) is 12.8 Å². The van der Waals surface area contributed by atoms with E-state index in [1.807, 2.05) is 6.92 Å². The number of amides is 3. The first kappa shape index (κ1) is 44.0. The predicted molar refractivity (Wildman–Crippen MR) is 165 cm³/mol. The third-order valence-corrected chi connectivity index (χ3v) is 7.92. The van der Waals surface area contributed by atoms with Crippen molar-refractivity contribution in [2.24, 2.45) is 5.92 Å². The second-order valence-electron chi connectivity index (χ2n) is 10.9. The molecule has 18 nitrogen and oxygen atoms in total. The molecule has 274 valence electrons. The zero-order valence-corrected chi connectivity index (χ0v) is 27.8. The zero-order valence-electron chi connectivity index (χ0n) is 27.0. The predicted octanol–water partition coefficient (Wildman–Crippen LogP) is 0.471. The molecule has 48 heavy (non-hydrogen) atoms. The molecule has 0 aromatic rings. The fourth-order valence-corrected chi connectivity index (χ4v) is 5.16. The molecule has 0 bridgehead atoms. The van der Waals surface area contributed by atoms with Crippen LogP contribution in [0.3, 0.4) is 0 Å². The van der Waals surface area contributed by atoms with Gasteiger partial charge in [-0.2, -0.15) is 0 Å². The number of rotatable bonds is 30. The number of ketones is 2. The first-order chi connectivity index (χ1) is 22.6. The number of carboxylic acid groups (broad SMARTS) is 3. The van der Waals surface area contributed by atoms with Crippen molar-refractivity contribution in [1.82, 2.24) is 15.5 Å². The van der Waals surface area contributed by atoms with Crippen LogP contribution in [0.25, 0.3) is 0 Å². The summed E-state index contributed by atoms with van der Waals surface area (Å²) < 4.78 is 30.8. The van der Waals surface area contributed by atoms with E-state index < -0.39 is 63.4 Å². The van der Waals surface area contributed by atoms with Crippen molar-refractivity contribution in [3.8, 4) is 0 Å². The number of carboxylic acids is 3. The smallest absolute Gasteiger partial charge is 0.326 e. The van der Waals surface area contributed by atoms with Gasteiger partial charge in [-0.05, 0) is 38.5 Å². The first-order valence-electron chi connectivity index (χ1n) is 15.6. The summed E-state index contributed by atoms with van der Waals surface area (Å²) in [7, 11) is -3.98. The molecule has 3 amide bonds. The van der Waals surface area contributed by atoms with E-state index >= 15 is 0 Å². The number of carbonyl (C=O) groups is 8. The molecule has 0 radical (unpaired) electrons. The third-order valence-electron chi connectivity index (χ3n) is 6.56. The van der Waals surface area contributed by atoms with Crippen molar-refractivity contribution < 1.29 is 71.7 Å². The van der Waals surface area contributed by atoms with Crippen LogP contribution in [0.4, 0.5) is 0 Å². The molecule has 0 aromatic carbocycles. The van der Waals surface area contributed by atoms with Crippen LogP contribution in [0.2, 0.25) is 0 Å². The highest BCUT2D eigenvalue weighted by Gasteiger charge is 2.25. The molecule has 1 unspecified atom stereocenters. The average Bonchev–Trinajstić information content (AvgIpc) is 2.97. The van der Waals surface area contributed by atoms with Gasteiger partial charge in [-0.1, -0.05) is 6.92 Å². The van der Waals surface area contributed by atoms with Gasteiger partial charge in [0.15, 0.2) is 0 Å². The normalized spacial score (nSPS) is 12.4. The largest absolute Gasteiger partial charge is 0.481 e. The van der Waals surface area contributed by atoms with Crippen molar-refractivity contribution in [2.75, 3.05) is 25.6 Å². The highest BCUT2D eigenvalue weighted by molar-refractivity contribution is 7.90. The molecule has 19 heteroatoms. The standard InChI is InChI=1S/C29H47N3O15S/c1-2-6-21(33)12-13-23(29(42)43)30-24(35)14-11-20(28(40)41)19-22(34)7-4-15-46-16-17-47-31-25(36)9-5-18-48(44,45)32-26(37)8-3-10-27(38)39/h20,23H,2-19H2,1H3,(H,30,35)(H,31,36)(H,32,37)(H,38,39)(H,40,41)(H,42,43)/t20-,23?/m1/s1. The van der Waals surface area contributed by atoms with Crippen molar-refractivity contribution in [3.05, 3.63) is 0 Å². The Balaban J connectivity index is 4.15. The molecule has 0 aromatic heterocycles. The number of sulfonamides is 1. The summed E-state index contributed by atoms with van der Waals surface area (Å²) in [5.41, 5.74) is 2.10. The van der Waals surface area contributed by atoms with Crippen LogP contribution in [-0.4, -0.2) is 103 Å². The highest BCUT2D eigenvalue weighted by atomic mass is 32.2. The van der Waals surface area contributed by atoms with Crippen LogP contribution in [0.1, 0.15) is 96.8 Å². The summed E-state index contributed by atoms with van der Waals surface area (Å²) in [5, 5.41) is 29.6. The number of carbonyl (C=O) groups excluding carboxylic acids is 5. The van der Waals surface area contributed by atoms with Gasteiger partial charge in [-0.3, -0.25) is 43.1 Å². The average molecular weight is 710 g/mol. The van der Waals surface area contributed by atoms with Crippen LogP contribution >= 0.6 is 0 Å². The topological polar surface area (TPSA) is 286 Å². The molecule has 0 fully saturated rings. The minimum absolute atomic E-state index is 0.00609. The van der Waals surface area contributed by atoms with Gasteiger partial charge in [0.05, 0.1) is 24.9 Å². The lowest BCUT2D eigenvalue weighted by Gasteiger charge is -2.16. The van der Waals surface area contributed by atoms with E-state index in [1.54, 1.807) is 4.72 Å². The number of Topliss-reactive ketones (excluding diaryl/α,β-unsaturated/α-hetero) is 2. The monoisotopic (exact) mass is 709 g/mol. The third kappa shape index (κ3) is 24.2. The fourth-order valence-electron chi connectivity index (χ4n) is 4.08. The van der Waals surface area contributed by atoms with Gasteiger partial charge in [0.2, 0.25) is 27.7 Å². The molecule has 0 spiro atoms. The lowest BCUT2D eigenvalue weighted by molar-refractivity contribution is -0.145. The molecule has 0 saturated carbocycles. The van der Waals surface area contributed by atoms with Gasteiger partial charge in [-0.25, -0.2) is 18.7 Å². The lowest BCUT2D eigenvalue weighted by Crippen LogP contribution is -2.41. The minimum Gasteiger partial charge on any atom is -0.481 e. The number of hydrogen-bond acceptors (Lipinski definition) is 12.